The molecule has 2 heterocycles. The lowest BCUT2D eigenvalue weighted by atomic mass is 9.95. The monoisotopic (exact) mass is 439 g/mol. The van der Waals surface area contributed by atoms with Gasteiger partial charge >= 0.3 is 0 Å². The van der Waals surface area contributed by atoms with Gasteiger partial charge in [-0.25, -0.2) is 13.4 Å². The van der Waals surface area contributed by atoms with E-state index >= 15 is 0 Å². The highest BCUT2D eigenvalue weighted by molar-refractivity contribution is 7.92. The van der Waals surface area contributed by atoms with Crippen LogP contribution in [0.4, 0.5) is 5.69 Å². The molecule has 0 aliphatic carbocycles. The normalized spacial score (nSPS) is 16.4. The molecule has 1 amide bonds. The number of aryl methyl sites for hydroxylation is 1. The Balaban J connectivity index is 1.78. The number of sulfonamides is 1. The van der Waals surface area contributed by atoms with Crippen LogP contribution in [-0.2, 0) is 10.0 Å². The summed E-state index contributed by atoms with van der Waals surface area (Å²) in [5.74, 6) is -0.165. The molecule has 0 saturated carbocycles. The van der Waals surface area contributed by atoms with Crippen LogP contribution in [0.15, 0.2) is 71.1 Å². The quantitative estimate of drug-likeness (QED) is 0.639. The number of carbonyl (C=O) groups excluding carboxylic acids is 1. The molecule has 0 saturated heterocycles. The molecule has 1 aliphatic rings. The maximum atomic E-state index is 13.2. The van der Waals surface area contributed by atoms with Crippen molar-refractivity contribution < 1.29 is 13.2 Å². The molecule has 0 unspecified atom stereocenters. The van der Waals surface area contributed by atoms with Crippen molar-refractivity contribution in [1.29, 1.82) is 0 Å². The van der Waals surface area contributed by atoms with E-state index in [2.05, 4.69) is 9.82 Å². The minimum Gasteiger partial charge on any atom is -0.283 e. The molecule has 8 heteroatoms. The number of thiophene rings is 1. The zero-order valence-corrected chi connectivity index (χ0v) is 18.2. The molecule has 1 aromatic heterocycles. The van der Waals surface area contributed by atoms with Gasteiger partial charge in [0.05, 0.1) is 28.6 Å². The minimum atomic E-state index is -3.45. The van der Waals surface area contributed by atoms with Gasteiger partial charge in [0.15, 0.2) is 0 Å². The largest absolute Gasteiger partial charge is 0.284 e. The molecule has 3 aromatic rings. The molecule has 0 bridgehead atoms. The Hall–Kier alpha value is -2.97. The van der Waals surface area contributed by atoms with Gasteiger partial charge in [0.25, 0.3) is 5.91 Å². The van der Waals surface area contributed by atoms with Crippen LogP contribution in [-0.4, -0.2) is 31.3 Å². The third-order valence-corrected chi connectivity index (χ3v) is 6.38. The van der Waals surface area contributed by atoms with Crippen LogP contribution in [0.2, 0.25) is 0 Å². The van der Waals surface area contributed by atoms with Crippen LogP contribution >= 0.6 is 11.3 Å². The Morgan fingerprint density at radius 3 is 2.53 bits per heavy atom. The highest BCUT2D eigenvalue weighted by Gasteiger charge is 2.35. The fourth-order valence-corrected chi connectivity index (χ4v) is 4.83. The summed E-state index contributed by atoms with van der Waals surface area (Å²) in [6.07, 6.45) is 1.60. The summed E-state index contributed by atoms with van der Waals surface area (Å²) in [7, 11) is -3.45. The summed E-state index contributed by atoms with van der Waals surface area (Å²) in [6.45, 7) is 2.01. The third-order valence-electron chi connectivity index (χ3n) is 4.93. The SMILES string of the molecule is Cc1ccccc1[C@@H]1CC(c2ccccc2NS(C)(=O)=O)=NN1C(=O)c1cccs1. The first-order valence-corrected chi connectivity index (χ1v) is 12.2. The molecular weight excluding hydrogens is 418 g/mol. The van der Waals surface area contributed by atoms with Gasteiger partial charge in [-0.3, -0.25) is 9.52 Å². The van der Waals surface area contributed by atoms with Gasteiger partial charge < -0.3 is 0 Å². The van der Waals surface area contributed by atoms with Crippen molar-refractivity contribution in [2.24, 2.45) is 5.10 Å². The van der Waals surface area contributed by atoms with E-state index in [0.29, 0.717) is 28.3 Å². The first kappa shape index (κ1) is 20.3. The summed E-state index contributed by atoms with van der Waals surface area (Å²) in [4.78, 5) is 13.8. The van der Waals surface area contributed by atoms with E-state index in [1.807, 2.05) is 54.8 Å². The van der Waals surface area contributed by atoms with Crippen LogP contribution < -0.4 is 4.72 Å². The Bertz CT molecular complexity index is 1220. The molecule has 0 spiro atoms. The van der Waals surface area contributed by atoms with E-state index in [0.717, 1.165) is 17.4 Å². The molecule has 154 valence electrons. The minimum absolute atomic E-state index is 0.165. The number of hydrogen-bond donors (Lipinski definition) is 1. The smallest absolute Gasteiger partial charge is 0.283 e. The number of anilines is 1. The Labute approximate surface area is 179 Å². The van der Waals surface area contributed by atoms with E-state index in [4.69, 9.17) is 0 Å². The van der Waals surface area contributed by atoms with E-state index in [-0.39, 0.29) is 11.9 Å². The van der Waals surface area contributed by atoms with Crippen LogP contribution in [0, 0.1) is 6.92 Å². The molecule has 1 atom stereocenters. The standard InChI is InChI=1S/C22H21N3O3S2/c1-15-8-3-4-9-16(15)20-14-19(23-25(20)22(26)21-12-7-13-29-21)17-10-5-6-11-18(17)24-30(2,27)28/h3-13,20,24H,14H2,1-2H3/t20-/m0/s1. The lowest BCUT2D eigenvalue weighted by molar-refractivity contribution is 0.0716. The van der Waals surface area contributed by atoms with Crippen molar-refractivity contribution in [3.05, 3.63) is 87.6 Å². The number of carbonyl (C=O) groups is 1. The van der Waals surface area contributed by atoms with Crippen molar-refractivity contribution in [2.45, 2.75) is 19.4 Å². The summed E-state index contributed by atoms with van der Waals surface area (Å²) in [6, 6.07) is 18.4. The average molecular weight is 440 g/mol. The van der Waals surface area contributed by atoms with E-state index in [1.54, 1.807) is 18.2 Å². The highest BCUT2D eigenvalue weighted by atomic mass is 32.2. The second-order valence-corrected chi connectivity index (χ2v) is 9.87. The van der Waals surface area contributed by atoms with E-state index < -0.39 is 10.0 Å². The fourth-order valence-electron chi connectivity index (χ4n) is 3.60. The van der Waals surface area contributed by atoms with Crippen LogP contribution in [0.5, 0.6) is 0 Å². The first-order chi connectivity index (χ1) is 14.3. The van der Waals surface area contributed by atoms with Crippen molar-refractivity contribution >= 4 is 38.7 Å². The number of hydrazone groups is 1. The molecule has 30 heavy (non-hydrogen) atoms. The molecule has 4 rings (SSSR count). The van der Waals surface area contributed by atoms with Gasteiger partial charge in [-0.2, -0.15) is 5.10 Å². The fraction of sp³-hybridized carbons (Fsp3) is 0.182. The second-order valence-electron chi connectivity index (χ2n) is 7.17. The molecule has 2 aromatic carbocycles. The van der Waals surface area contributed by atoms with E-state index in [9.17, 15) is 13.2 Å². The second kappa shape index (κ2) is 8.04. The molecule has 1 N–H and O–H groups in total. The molecule has 0 fully saturated rings. The maximum absolute atomic E-state index is 13.2. The predicted molar refractivity (Wildman–Crippen MR) is 120 cm³/mol. The lowest BCUT2D eigenvalue weighted by Crippen LogP contribution is -2.26. The molecule has 6 nitrogen and oxygen atoms in total. The number of amides is 1. The lowest BCUT2D eigenvalue weighted by Gasteiger charge is -2.23. The van der Waals surface area contributed by atoms with Crippen LogP contribution in [0.25, 0.3) is 0 Å². The van der Waals surface area contributed by atoms with Gasteiger partial charge in [0, 0.05) is 12.0 Å². The van der Waals surface area contributed by atoms with Crippen LogP contribution in [0.3, 0.4) is 0 Å². The Morgan fingerprint density at radius 2 is 1.83 bits per heavy atom. The topological polar surface area (TPSA) is 78.8 Å². The molecule has 0 radical (unpaired) electrons. The third kappa shape index (κ3) is 4.15. The number of nitrogens with one attached hydrogen (secondary N) is 1. The average Bonchev–Trinajstić information content (AvgIpc) is 3.37. The highest BCUT2D eigenvalue weighted by Crippen LogP contribution is 2.37. The zero-order valence-electron chi connectivity index (χ0n) is 16.6. The number of hydrogen-bond acceptors (Lipinski definition) is 5. The first-order valence-electron chi connectivity index (χ1n) is 9.41. The van der Waals surface area contributed by atoms with Gasteiger partial charge in [-0.15, -0.1) is 11.3 Å². The number of rotatable bonds is 5. The maximum Gasteiger partial charge on any atom is 0.284 e. The Kier molecular flexibility index (Phi) is 5.44. The van der Waals surface area contributed by atoms with Gasteiger partial charge in [-0.1, -0.05) is 48.5 Å². The molecule has 1 aliphatic heterocycles. The zero-order chi connectivity index (χ0) is 21.3. The number of nitrogens with zero attached hydrogens (tertiary/aromatic N) is 2. The summed E-state index contributed by atoms with van der Waals surface area (Å²) >= 11 is 1.38. The Morgan fingerprint density at radius 1 is 1.10 bits per heavy atom. The number of para-hydroxylation sites is 1. The summed E-state index contributed by atoms with van der Waals surface area (Å²) in [5, 5.41) is 8.07. The van der Waals surface area contributed by atoms with Crippen molar-refractivity contribution in [3.63, 3.8) is 0 Å². The van der Waals surface area contributed by atoms with Crippen LogP contribution in [0.1, 0.15) is 38.8 Å². The van der Waals surface area contributed by atoms with Crippen molar-refractivity contribution in [1.82, 2.24) is 5.01 Å². The number of benzene rings is 2. The van der Waals surface area contributed by atoms with Gasteiger partial charge in [0.1, 0.15) is 0 Å². The summed E-state index contributed by atoms with van der Waals surface area (Å²) in [5.41, 5.74) is 3.88. The van der Waals surface area contributed by atoms with Gasteiger partial charge in [-0.05, 0) is 35.6 Å². The summed E-state index contributed by atoms with van der Waals surface area (Å²) < 4.78 is 26.2. The molecular formula is C22H21N3O3S2. The van der Waals surface area contributed by atoms with Crippen molar-refractivity contribution in [2.75, 3.05) is 11.0 Å². The van der Waals surface area contributed by atoms with Gasteiger partial charge in [0.2, 0.25) is 10.0 Å². The van der Waals surface area contributed by atoms with Crippen molar-refractivity contribution in [3.8, 4) is 0 Å². The predicted octanol–water partition coefficient (Wildman–Crippen LogP) is 4.42. The van der Waals surface area contributed by atoms with E-state index in [1.165, 1.54) is 16.3 Å².